The molecule has 0 bridgehead atoms. The average Bonchev–Trinajstić information content (AvgIpc) is 2.43. The van der Waals surface area contributed by atoms with E-state index in [1.165, 1.54) is 0 Å². The molecule has 1 amide bonds. The molecule has 4 nitrogen and oxygen atoms in total. The zero-order valence-corrected chi connectivity index (χ0v) is 14.1. The fourth-order valence-corrected chi connectivity index (χ4v) is 2.45. The maximum Gasteiger partial charge on any atom is 0.251 e. The molecular weight excluding hydrogens is 318 g/mol. The van der Waals surface area contributed by atoms with Crippen molar-refractivity contribution < 1.29 is 4.79 Å². The summed E-state index contributed by atoms with van der Waals surface area (Å²) in [6, 6.07) is 3.64. The van der Waals surface area contributed by atoms with Gasteiger partial charge in [0, 0.05) is 17.8 Å². The first-order valence-electron chi connectivity index (χ1n) is 7.21. The van der Waals surface area contributed by atoms with Gasteiger partial charge in [-0.15, -0.1) is 0 Å². The van der Waals surface area contributed by atoms with Crippen molar-refractivity contribution in [2.45, 2.75) is 39.7 Å². The lowest BCUT2D eigenvalue weighted by Gasteiger charge is -2.19. The van der Waals surface area contributed by atoms with Crippen LogP contribution < -0.4 is 5.32 Å². The topological polar surface area (TPSA) is 45.2 Å². The second kappa shape index (κ2) is 9.08. The Kier molecular flexibility index (Phi) is 7.77. The van der Waals surface area contributed by atoms with Crippen molar-refractivity contribution in [3.63, 3.8) is 0 Å². The zero-order chi connectivity index (χ0) is 15.0. The normalized spacial score (nSPS) is 12.4. The third-order valence-electron chi connectivity index (χ3n) is 3.37. The number of hydrogen-bond donors (Lipinski definition) is 1. The Balaban J connectivity index is 2.35. The van der Waals surface area contributed by atoms with Gasteiger partial charge in [-0.2, -0.15) is 0 Å². The monoisotopic (exact) mass is 341 g/mol. The maximum absolute atomic E-state index is 12.0. The van der Waals surface area contributed by atoms with Crippen LogP contribution in [0.1, 0.15) is 44.0 Å². The number of aromatic nitrogens is 1. The number of carbonyl (C=O) groups is 1. The van der Waals surface area contributed by atoms with E-state index in [2.05, 4.69) is 51.9 Å². The summed E-state index contributed by atoms with van der Waals surface area (Å²) in [5, 5.41) is 3.03. The van der Waals surface area contributed by atoms with Crippen molar-refractivity contribution in [2.75, 3.05) is 19.6 Å². The lowest BCUT2D eigenvalue weighted by molar-refractivity contribution is 0.0937. The van der Waals surface area contributed by atoms with E-state index >= 15 is 0 Å². The quantitative estimate of drug-likeness (QED) is 0.739. The van der Waals surface area contributed by atoms with Gasteiger partial charge in [0.1, 0.15) is 4.60 Å². The number of nitrogens with zero attached hydrogens (tertiary/aromatic N) is 2. The van der Waals surface area contributed by atoms with Gasteiger partial charge >= 0.3 is 0 Å². The average molecular weight is 342 g/mol. The largest absolute Gasteiger partial charge is 0.350 e. The van der Waals surface area contributed by atoms with Gasteiger partial charge in [-0.05, 0) is 67.5 Å². The Morgan fingerprint density at radius 2 is 2.15 bits per heavy atom. The van der Waals surface area contributed by atoms with Crippen LogP contribution in [0.15, 0.2) is 22.9 Å². The first kappa shape index (κ1) is 17.1. The molecule has 5 heteroatoms. The Hall–Kier alpha value is -0.940. The van der Waals surface area contributed by atoms with E-state index in [-0.39, 0.29) is 11.9 Å². The standard InChI is InChI=1S/C15H24BrN3O/c1-4-19(5-2)10-6-7-12(3)18-15(20)13-8-9-17-14(16)11-13/h8-9,11-12H,4-7,10H2,1-3H3,(H,18,20). The van der Waals surface area contributed by atoms with Gasteiger partial charge in [0.25, 0.3) is 5.91 Å². The van der Waals surface area contributed by atoms with Crippen LogP contribution in [0.25, 0.3) is 0 Å². The van der Waals surface area contributed by atoms with E-state index in [0.717, 1.165) is 32.5 Å². The van der Waals surface area contributed by atoms with Gasteiger partial charge in [0.15, 0.2) is 0 Å². The molecule has 1 N–H and O–H groups in total. The van der Waals surface area contributed by atoms with E-state index in [0.29, 0.717) is 10.2 Å². The van der Waals surface area contributed by atoms with Gasteiger partial charge in [0.05, 0.1) is 0 Å². The van der Waals surface area contributed by atoms with Crippen LogP contribution in [0.4, 0.5) is 0 Å². The molecule has 0 aliphatic rings. The highest BCUT2D eigenvalue weighted by atomic mass is 79.9. The Morgan fingerprint density at radius 1 is 1.45 bits per heavy atom. The van der Waals surface area contributed by atoms with Crippen LogP contribution in [0.2, 0.25) is 0 Å². The highest BCUT2D eigenvalue weighted by Gasteiger charge is 2.10. The van der Waals surface area contributed by atoms with Crippen molar-refractivity contribution >= 4 is 21.8 Å². The smallest absolute Gasteiger partial charge is 0.251 e. The second-order valence-corrected chi connectivity index (χ2v) is 5.72. The summed E-state index contributed by atoms with van der Waals surface area (Å²) in [5.74, 6) is -0.0385. The van der Waals surface area contributed by atoms with Gasteiger partial charge in [-0.1, -0.05) is 13.8 Å². The number of halogens is 1. The Bertz CT molecular complexity index is 421. The molecule has 1 aromatic heterocycles. The third kappa shape index (κ3) is 6.01. The van der Waals surface area contributed by atoms with E-state index in [1.54, 1.807) is 18.3 Å². The predicted octanol–water partition coefficient (Wildman–Crippen LogP) is 3.08. The number of carbonyl (C=O) groups excluding carboxylic acids is 1. The minimum absolute atomic E-state index is 0.0385. The van der Waals surface area contributed by atoms with E-state index in [9.17, 15) is 4.79 Å². The molecular formula is C15H24BrN3O. The lowest BCUT2D eigenvalue weighted by atomic mass is 10.1. The fraction of sp³-hybridized carbons (Fsp3) is 0.600. The van der Waals surface area contributed by atoms with Gasteiger partial charge in [-0.25, -0.2) is 4.98 Å². The van der Waals surface area contributed by atoms with Gasteiger partial charge < -0.3 is 10.2 Å². The molecule has 1 atom stereocenters. The summed E-state index contributed by atoms with van der Waals surface area (Å²) in [6.45, 7) is 9.67. The number of nitrogens with one attached hydrogen (secondary N) is 1. The molecule has 1 rings (SSSR count). The predicted molar refractivity (Wildman–Crippen MR) is 85.9 cm³/mol. The van der Waals surface area contributed by atoms with E-state index < -0.39 is 0 Å². The highest BCUT2D eigenvalue weighted by Crippen LogP contribution is 2.08. The number of rotatable bonds is 8. The van der Waals surface area contributed by atoms with Crippen molar-refractivity contribution in [2.24, 2.45) is 0 Å². The summed E-state index contributed by atoms with van der Waals surface area (Å²) >= 11 is 3.27. The van der Waals surface area contributed by atoms with Crippen LogP contribution in [0.5, 0.6) is 0 Å². The van der Waals surface area contributed by atoms with Gasteiger partial charge in [-0.3, -0.25) is 4.79 Å². The summed E-state index contributed by atoms with van der Waals surface area (Å²) < 4.78 is 0.680. The zero-order valence-electron chi connectivity index (χ0n) is 12.5. The molecule has 1 unspecified atom stereocenters. The summed E-state index contributed by atoms with van der Waals surface area (Å²) in [4.78, 5) is 18.5. The molecule has 0 saturated carbocycles. The van der Waals surface area contributed by atoms with Crippen molar-refractivity contribution in [3.8, 4) is 0 Å². The summed E-state index contributed by atoms with van der Waals surface area (Å²) in [6.07, 6.45) is 3.72. The third-order valence-corrected chi connectivity index (χ3v) is 3.81. The molecule has 1 aromatic rings. The van der Waals surface area contributed by atoms with E-state index in [1.807, 2.05) is 0 Å². The molecule has 0 saturated heterocycles. The van der Waals surface area contributed by atoms with Crippen LogP contribution >= 0.6 is 15.9 Å². The summed E-state index contributed by atoms with van der Waals surface area (Å²) in [5.41, 5.74) is 0.641. The van der Waals surface area contributed by atoms with Crippen LogP contribution in [-0.2, 0) is 0 Å². The minimum Gasteiger partial charge on any atom is -0.350 e. The second-order valence-electron chi connectivity index (χ2n) is 4.91. The van der Waals surface area contributed by atoms with Gasteiger partial charge in [0.2, 0.25) is 0 Å². The van der Waals surface area contributed by atoms with Crippen molar-refractivity contribution in [1.82, 2.24) is 15.2 Å². The molecule has 0 aliphatic heterocycles. The lowest BCUT2D eigenvalue weighted by Crippen LogP contribution is -2.33. The molecule has 20 heavy (non-hydrogen) atoms. The van der Waals surface area contributed by atoms with Crippen LogP contribution in [0, 0.1) is 0 Å². The molecule has 0 radical (unpaired) electrons. The van der Waals surface area contributed by atoms with Crippen molar-refractivity contribution in [3.05, 3.63) is 28.5 Å². The van der Waals surface area contributed by atoms with Crippen LogP contribution in [0.3, 0.4) is 0 Å². The SMILES string of the molecule is CCN(CC)CCCC(C)NC(=O)c1ccnc(Br)c1. The van der Waals surface area contributed by atoms with Crippen LogP contribution in [-0.4, -0.2) is 41.5 Å². The molecule has 0 fully saturated rings. The first-order chi connectivity index (χ1) is 9.56. The molecule has 112 valence electrons. The molecule has 1 heterocycles. The number of amides is 1. The Morgan fingerprint density at radius 3 is 2.75 bits per heavy atom. The first-order valence-corrected chi connectivity index (χ1v) is 8.00. The van der Waals surface area contributed by atoms with Crippen molar-refractivity contribution in [1.29, 1.82) is 0 Å². The van der Waals surface area contributed by atoms with E-state index in [4.69, 9.17) is 0 Å². The minimum atomic E-state index is -0.0385. The maximum atomic E-state index is 12.0. The molecule has 0 aromatic carbocycles. The molecule has 0 spiro atoms. The number of pyridine rings is 1. The molecule has 0 aliphatic carbocycles. The number of hydrogen-bond acceptors (Lipinski definition) is 3. The summed E-state index contributed by atoms with van der Waals surface area (Å²) in [7, 11) is 0. The highest BCUT2D eigenvalue weighted by molar-refractivity contribution is 9.10. The fourth-order valence-electron chi connectivity index (χ4n) is 2.08. The Labute approximate surface area is 130 Å².